The number of pyridine rings is 1. The van der Waals surface area contributed by atoms with E-state index >= 15 is 0 Å². The molecule has 1 atom stereocenters. The van der Waals surface area contributed by atoms with E-state index in [9.17, 15) is 4.79 Å². The van der Waals surface area contributed by atoms with Gasteiger partial charge in [-0.05, 0) is 25.0 Å². The van der Waals surface area contributed by atoms with Gasteiger partial charge in [-0.2, -0.15) is 0 Å². The summed E-state index contributed by atoms with van der Waals surface area (Å²) in [4.78, 5) is 16.8. The maximum absolute atomic E-state index is 10.7. The normalized spacial score (nSPS) is 21.8. The zero-order valence-corrected chi connectivity index (χ0v) is 7.39. The standard InChI is InChI=1S/C10H12N2O/c13-8-10-2-1-7-12(10)9-3-5-11-6-4-9/h3-6,8,10H,1-2,7H2. The monoisotopic (exact) mass is 176 g/mol. The van der Waals surface area contributed by atoms with E-state index in [4.69, 9.17) is 0 Å². The maximum Gasteiger partial charge on any atom is 0.142 e. The molecule has 0 radical (unpaired) electrons. The topological polar surface area (TPSA) is 33.2 Å². The van der Waals surface area contributed by atoms with Crippen LogP contribution in [-0.2, 0) is 4.79 Å². The van der Waals surface area contributed by atoms with Crippen LogP contribution in [0.5, 0.6) is 0 Å². The predicted molar refractivity (Wildman–Crippen MR) is 50.7 cm³/mol. The van der Waals surface area contributed by atoms with Gasteiger partial charge in [0.2, 0.25) is 0 Å². The van der Waals surface area contributed by atoms with Gasteiger partial charge in [-0.3, -0.25) is 4.98 Å². The Labute approximate surface area is 77.4 Å². The van der Waals surface area contributed by atoms with Gasteiger partial charge in [-0.15, -0.1) is 0 Å². The van der Waals surface area contributed by atoms with E-state index in [1.807, 2.05) is 12.1 Å². The summed E-state index contributed by atoms with van der Waals surface area (Å²) in [6, 6.07) is 3.96. The van der Waals surface area contributed by atoms with Crippen LogP contribution in [0.2, 0.25) is 0 Å². The number of rotatable bonds is 2. The number of hydrogen-bond donors (Lipinski definition) is 0. The molecule has 0 aromatic carbocycles. The quantitative estimate of drug-likeness (QED) is 0.636. The summed E-state index contributed by atoms with van der Waals surface area (Å²) in [5.41, 5.74) is 1.10. The van der Waals surface area contributed by atoms with Gasteiger partial charge < -0.3 is 9.69 Å². The highest BCUT2D eigenvalue weighted by Crippen LogP contribution is 2.23. The first kappa shape index (κ1) is 8.23. The van der Waals surface area contributed by atoms with Gasteiger partial charge in [0, 0.05) is 24.6 Å². The minimum atomic E-state index is 0.0717. The van der Waals surface area contributed by atoms with Crippen LogP contribution in [0.25, 0.3) is 0 Å². The Bertz CT molecular complexity index is 286. The van der Waals surface area contributed by atoms with Crippen LogP contribution in [0.4, 0.5) is 5.69 Å². The fraction of sp³-hybridized carbons (Fsp3) is 0.400. The van der Waals surface area contributed by atoms with Crippen molar-refractivity contribution in [3.8, 4) is 0 Å². The Kier molecular flexibility index (Phi) is 2.25. The minimum absolute atomic E-state index is 0.0717. The number of hydrogen-bond acceptors (Lipinski definition) is 3. The van der Waals surface area contributed by atoms with Crippen LogP contribution in [0.3, 0.4) is 0 Å². The first-order valence-electron chi connectivity index (χ1n) is 4.54. The summed E-state index contributed by atoms with van der Waals surface area (Å²) in [5.74, 6) is 0. The molecule has 0 amide bonds. The van der Waals surface area contributed by atoms with Gasteiger partial charge in [0.05, 0.1) is 6.04 Å². The summed E-state index contributed by atoms with van der Waals surface area (Å²) >= 11 is 0. The summed E-state index contributed by atoms with van der Waals surface area (Å²) < 4.78 is 0. The van der Waals surface area contributed by atoms with Crippen LogP contribution in [-0.4, -0.2) is 23.9 Å². The van der Waals surface area contributed by atoms with Crippen LogP contribution < -0.4 is 4.90 Å². The molecule has 1 aliphatic rings. The van der Waals surface area contributed by atoms with Crippen molar-refractivity contribution in [2.24, 2.45) is 0 Å². The molecule has 0 spiro atoms. The summed E-state index contributed by atoms with van der Waals surface area (Å²) in [7, 11) is 0. The molecule has 1 aromatic rings. The Morgan fingerprint density at radius 1 is 1.46 bits per heavy atom. The third kappa shape index (κ3) is 1.54. The predicted octanol–water partition coefficient (Wildman–Crippen LogP) is 1.25. The first-order valence-corrected chi connectivity index (χ1v) is 4.54. The molecule has 0 bridgehead atoms. The fourth-order valence-electron chi connectivity index (χ4n) is 1.79. The Morgan fingerprint density at radius 2 is 2.23 bits per heavy atom. The number of carbonyl (C=O) groups excluding carboxylic acids is 1. The van der Waals surface area contributed by atoms with Gasteiger partial charge >= 0.3 is 0 Å². The van der Waals surface area contributed by atoms with Crippen LogP contribution in [0.15, 0.2) is 24.5 Å². The number of carbonyl (C=O) groups is 1. The lowest BCUT2D eigenvalue weighted by Gasteiger charge is -2.22. The molecule has 0 saturated carbocycles. The van der Waals surface area contributed by atoms with Gasteiger partial charge in [0.15, 0.2) is 0 Å². The van der Waals surface area contributed by atoms with Crippen LogP contribution in [0.1, 0.15) is 12.8 Å². The lowest BCUT2D eigenvalue weighted by molar-refractivity contribution is -0.108. The molecular weight excluding hydrogens is 164 g/mol. The van der Waals surface area contributed by atoms with E-state index < -0.39 is 0 Å². The molecular formula is C10H12N2O. The first-order chi connectivity index (χ1) is 6.42. The molecule has 1 fully saturated rings. The molecule has 1 saturated heterocycles. The SMILES string of the molecule is O=CC1CCCN1c1ccncc1. The third-order valence-corrected chi connectivity index (χ3v) is 2.45. The molecule has 0 aliphatic carbocycles. The molecule has 1 aliphatic heterocycles. The van der Waals surface area contributed by atoms with Gasteiger partial charge in [-0.25, -0.2) is 0 Å². The smallest absolute Gasteiger partial charge is 0.142 e. The Balaban J connectivity index is 2.21. The second-order valence-corrected chi connectivity index (χ2v) is 3.24. The van der Waals surface area contributed by atoms with E-state index in [0.717, 1.165) is 31.4 Å². The van der Waals surface area contributed by atoms with Crippen molar-refractivity contribution in [3.63, 3.8) is 0 Å². The van der Waals surface area contributed by atoms with E-state index in [2.05, 4.69) is 9.88 Å². The van der Waals surface area contributed by atoms with Crippen molar-refractivity contribution in [1.29, 1.82) is 0 Å². The zero-order chi connectivity index (χ0) is 9.10. The third-order valence-electron chi connectivity index (χ3n) is 2.45. The number of aldehydes is 1. The second-order valence-electron chi connectivity index (χ2n) is 3.24. The summed E-state index contributed by atoms with van der Waals surface area (Å²) in [6.07, 6.45) is 6.63. The zero-order valence-electron chi connectivity index (χ0n) is 7.39. The van der Waals surface area contributed by atoms with Gasteiger partial charge in [-0.1, -0.05) is 0 Å². The molecule has 0 N–H and O–H groups in total. The van der Waals surface area contributed by atoms with Crippen molar-refractivity contribution in [3.05, 3.63) is 24.5 Å². The van der Waals surface area contributed by atoms with E-state index in [1.165, 1.54) is 0 Å². The fourth-order valence-corrected chi connectivity index (χ4v) is 1.79. The highest BCUT2D eigenvalue weighted by molar-refractivity contribution is 5.66. The highest BCUT2D eigenvalue weighted by Gasteiger charge is 2.23. The molecule has 1 unspecified atom stereocenters. The Hall–Kier alpha value is -1.38. The van der Waals surface area contributed by atoms with E-state index in [-0.39, 0.29) is 6.04 Å². The summed E-state index contributed by atoms with van der Waals surface area (Å²) in [5, 5.41) is 0. The molecule has 13 heavy (non-hydrogen) atoms. The largest absolute Gasteiger partial charge is 0.362 e. The highest BCUT2D eigenvalue weighted by atomic mass is 16.1. The Morgan fingerprint density at radius 3 is 2.92 bits per heavy atom. The van der Waals surface area contributed by atoms with Crippen molar-refractivity contribution in [1.82, 2.24) is 4.98 Å². The van der Waals surface area contributed by atoms with E-state index in [1.54, 1.807) is 12.4 Å². The average Bonchev–Trinajstić information content (AvgIpc) is 2.67. The van der Waals surface area contributed by atoms with Crippen LogP contribution in [0, 0.1) is 0 Å². The molecule has 2 heterocycles. The maximum atomic E-state index is 10.7. The molecule has 3 heteroatoms. The second kappa shape index (κ2) is 3.56. The van der Waals surface area contributed by atoms with Crippen molar-refractivity contribution < 1.29 is 4.79 Å². The van der Waals surface area contributed by atoms with Gasteiger partial charge in [0.25, 0.3) is 0 Å². The van der Waals surface area contributed by atoms with Crippen LogP contribution >= 0.6 is 0 Å². The lowest BCUT2D eigenvalue weighted by Crippen LogP contribution is -2.30. The minimum Gasteiger partial charge on any atom is -0.362 e. The van der Waals surface area contributed by atoms with Gasteiger partial charge in [0.1, 0.15) is 6.29 Å². The van der Waals surface area contributed by atoms with Crippen molar-refractivity contribution in [2.75, 3.05) is 11.4 Å². The lowest BCUT2D eigenvalue weighted by atomic mass is 10.2. The molecule has 3 nitrogen and oxygen atoms in total. The van der Waals surface area contributed by atoms with Crippen molar-refractivity contribution >= 4 is 12.0 Å². The average molecular weight is 176 g/mol. The molecule has 2 rings (SSSR count). The molecule has 68 valence electrons. The van der Waals surface area contributed by atoms with E-state index in [0.29, 0.717) is 0 Å². The van der Waals surface area contributed by atoms with Crippen molar-refractivity contribution in [2.45, 2.75) is 18.9 Å². The number of anilines is 1. The molecule has 1 aromatic heterocycles. The summed E-state index contributed by atoms with van der Waals surface area (Å²) in [6.45, 7) is 0.980. The number of nitrogens with zero attached hydrogens (tertiary/aromatic N) is 2. The number of aromatic nitrogens is 1.